The van der Waals surface area contributed by atoms with Gasteiger partial charge in [-0.15, -0.1) is 0 Å². The highest BCUT2D eigenvalue weighted by molar-refractivity contribution is 5.79. The lowest BCUT2D eigenvalue weighted by Crippen LogP contribution is -2.51. The van der Waals surface area contributed by atoms with E-state index in [9.17, 15) is 9.18 Å². The molecule has 0 aromatic heterocycles. The second-order valence-electron chi connectivity index (χ2n) is 8.60. The van der Waals surface area contributed by atoms with Crippen molar-refractivity contribution in [3.63, 3.8) is 0 Å². The van der Waals surface area contributed by atoms with Crippen LogP contribution in [0.15, 0.2) is 30.3 Å². The van der Waals surface area contributed by atoms with Crippen LogP contribution in [0, 0.1) is 11.7 Å². The van der Waals surface area contributed by atoms with Crippen LogP contribution in [0.4, 0.5) is 4.39 Å². The maximum absolute atomic E-state index is 13.0. The summed E-state index contributed by atoms with van der Waals surface area (Å²) in [6, 6.07) is 7.71. The maximum Gasteiger partial charge on any atom is 0.224 e. The number of hydrogen-bond donors (Lipinski definition) is 1. The molecule has 1 amide bonds. The summed E-state index contributed by atoms with van der Waals surface area (Å²) in [5.74, 6) is 0.283. The number of benzene rings is 1. The smallest absolute Gasteiger partial charge is 0.224 e. The Balaban J connectivity index is 1.20. The molecule has 1 N–H and O–H groups in total. The number of likely N-dealkylation sites (tertiary alicyclic amines) is 2. The Morgan fingerprint density at radius 3 is 2.54 bits per heavy atom. The largest absolute Gasteiger partial charge is 0.353 e. The summed E-state index contributed by atoms with van der Waals surface area (Å²) in [5.41, 5.74) is 1.04. The molecule has 28 heavy (non-hydrogen) atoms. The number of nitrogens with zero attached hydrogens (tertiary/aromatic N) is 2. The number of nitrogens with one attached hydrogen (secondary N) is 1. The molecule has 1 saturated carbocycles. The van der Waals surface area contributed by atoms with Crippen molar-refractivity contribution in [3.05, 3.63) is 41.7 Å². The minimum atomic E-state index is -0.191. The molecule has 1 aliphatic carbocycles. The van der Waals surface area contributed by atoms with Gasteiger partial charge in [0.15, 0.2) is 0 Å². The van der Waals surface area contributed by atoms with Crippen molar-refractivity contribution in [1.82, 2.24) is 15.1 Å². The number of carbonyl (C=O) groups excluding carboxylic acids is 1. The van der Waals surface area contributed by atoms with Crippen LogP contribution < -0.4 is 5.32 Å². The van der Waals surface area contributed by atoms with Gasteiger partial charge in [0.05, 0.1) is 5.92 Å². The van der Waals surface area contributed by atoms with Crippen molar-refractivity contribution in [3.8, 4) is 0 Å². The van der Waals surface area contributed by atoms with E-state index >= 15 is 0 Å². The zero-order chi connectivity index (χ0) is 19.3. The molecule has 1 aromatic rings. The summed E-state index contributed by atoms with van der Waals surface area (Å²) in [6.45, 7) is 5.23. The first-order valence-electron chi connectivity index (χ1n) is 10.9. The Morgan fingerprint density at radius 2 is 1.82 bits per heavy atom. The van der Waals surface area contributed by atoms with E-state index in [0.717, 1.165) is 64.0 Å². The van der Waals surface area contributed by atoms with E-state index in [2.05, 4.69) is 27.3 Å². The standard InChI is InChI=1S/C23H32FN3O/c24-20-7-5-18(6-8-20)3-1-13-26-15-11-22(12-16-26)27-14-2-4-19(17-27)23(28)25-21-9-10-21/h1,3,5-8,19,21-22H,2,4,9-17H2,(H,25,28)/b3-1+/t19-/m1/s1. The van der Waals surface area contributed by atoms with Gasteiger partial charge >= 0.3 is 0 Å². The SMILES string of the molecule is O=C(NC1CC1)[C@@H]1CCCN(C2CCN(C/C=C/c3ccc(F)cc3)CC2)C1. The maximum atomic E-state index is 13.0. The van der Waals surface area contributed by atoms with E-state index in [1.807, 2.05) is 12.1 Å². The Labute approximate surface area is 167 Å². The van der Waals surface area contributed by atoms with E-state index in [0.29, 0.717) is 12.1 Å². The molecular formula is C23H32FN3O. The van der Waals surface area contributed by atoms with Crippen LogP contribution in [-0.4, -0.2) is 60.5 Å². The highest BCUT2D eigenvalue weighted by Gasteiger charge is 2.33. The molecule has 4 nitrogen and oxygen atoms in total. The number of amides is 1. The summed E-state index contributed by atoms with van der Waals surface area (Å²) in [5, 5.41) is 3.19. The Morgan fingerprint density at radius 1 is 1.07 bits per heavy atom. The molecule has 3 fully saturated rings. The number of piperidine rings is 2. The predicted octanol–water partition coefficient (Wildman–Crippen LogP) is 3.29. The van der Waals surface area contributed by atoms with Crippen LogP contribution >= 0.6 is 0 Å². The van der Waals surface area contributed by atoms with Crippen molar-refractivity contribution < 1.29 is 9.18 Å². The summed E-state index contributed by atoms with van der Waals surface area (Å²) < 4.78 is 13.0. The third-order valence-corrected chi connectivity index (χ3v) is 6.36. The molecule has 0 spiro atoms. The van der Waals surface area contributed by atoms with E-state index in [-0.39, 0.29) is 17.6 Å². The van der Waals surface area contributed by atoms with Crippen LogP contribution in [0.3, 0.4) is 0 Å². The van der Waals surface area contributed by atoms with Gasteiger partial charge in [-0.25, -0.2) is 4.39 Å². The highest BCUT2D eigenvalue weighted by Crippen LogP contribution is 2.26. The van der Waals surface area contributed by atoms with E-state index in [4.69, 9.17) is 0 Å². The van der Waals surface area contributed by atoms with Crippen LogP contribution in [0.2, 0.25) is 0 Å². The number of carbonyl (C=O) groups is 1. The Kier molecular flexibility index (Phi) is 6.43. The van der Waals surface area contributed by atoms with Crippen molar-refractivity contribution in [2.45, 2.75) is 50.6 Å². The van der Waals surface area contributed by atoms with Gasteiger partial charge in [-0.05, 0) is 75.9 Å². The second-order valence-corrected chi connectivity index (χ2v) is 8.60. The van der Waals surface area contributed by atoms with Gasteiger partial charge in [-0.2, -0.15) is 0 Å². The fourth-order valence-corrected chi connectivity index (χ4v) is 4.48. The molecule has 152 valence electrons. The Bertz CT molecular complexity index is 678. The molecule has 1 atom stereocenters. The molecule has 0 bridgehead atoms. The fraction of sp³-hybridized carbons (Fsp3) is 0.609. The number of rotatable bonds is 6. The fourth-order valence-electron chi connectivity index (χ4n) is 4.48. The lowest BCUT2D eigenvalue weighted by atomic mass is 9.93. The van der Waals surface area contributed by atoms with Crippen molar-refractivity contribution in [1.29, 1.82) is 0 Å². The molecule has 0 unspecified atom stereocenters. The van der Waals surface area contributed by atoms with Gasteiger partial charge in [0, 0.05) is 25.2 Å². The normalized spacial score (nSPS) is 25.2. The van der Waals surface area contributed by atoms with Crippen molar-refractivity contribution in [2.75, 3.05) is 32.7 Å². The van der Waals surface area contributed by atoms with Gasteiger partial charge in [0.25, 0.3) is 0 Å². The second kappa shape index (κ2) is 9.19. The van der Waals surface area contributed by atoms with Gasteiger partial charge < -0.3 is 5.32 Å². The van der Waals surface area contributed by atoms with Crippen molar-refractivity contribution >= 4 is 12.0 Å². The van der Waals surface area contributed by atoms with Crippen molar-refractivity contribution in [2.24, 2.45) is 5.92 Å². The average molecular weight is 386 g/mol. The summed E-state index contributed by atoms with van der Waals surface area (Å²) in [7, 11) is 0. The predicted molar refractivity (Wildman–Crippen MR) is 110 cm³/mol. The first-order chi connectivity index (χ1) is 13.7. The molecule has 1 aromatic carbocycles. The Hall–Kier alpha value is -1.72. The molecule has 2 aliphatic heterocycles. The lowest BCUT2D eigenvalue weighted by molar-refractivity contribution is -0.127. The monoisotopic (exact) mass is 385 g/mol. The molecule has 2 heterocycles. The van der Waals surface area contributed by atoms with E-state index in [1.165, 1.54) is 25.0 Å². The summed E-state index contributed by atoms with van der Waals surface area (Å²) in [6.07, 6.45) is 11.1. The quantitative estimate of drug-likeness (QED) is 0.816. The van der Waals surface area contributed by atoms with Crippen LogP contribution in [-0.2, 0) is 4.79 Å². The third kappa shape index (κ3) is 5.42. The van der Waals surface area contributed by atoms with E-state index < -0.39 is 0 Å². The molecule has 5 heteroatoms. The zero-order valence-electron chi connectivity index (χ0n) is 16.7. The van der Waals surface area contributed by atoms with Gasteiger partial charge in [-0.1, -0.05) is 24.3 Å². The van der Waals surface area contributed by atoms with Crippen LogP contribution in [0.25, 0.3) is 6.08 Å². The molecule has 3 aliphatic rings. The number of halogens is 1. The number of hydrogen-bond acceptors (Lipinski definition) is 3. The molecule has 2 saturated heterocycles. The topological polar surface area (TPSA) is 35.6 Å². The van der Waals surface area contributed by atoms with Crippen LogP contribution in [0.1, 0.15) is 44.1 Å². The third-order valence-electron chi connectivity index (χ3n) is 6.36. The summed E-state index contributed by atoms with van der Waals surface area (Å²) in [4.78, 5) is 17.5. The van der Waals surface area contributed by atoms with Gasteiger partial charge in [-0.3, -0.25) is 14.6 Å². The average Bonchev–Trinajstić information content (AvgIpc) is 3.54. The molecule has 0 radical (unpaired) electrons. The molecular weight excluding hydrogens is 353 g/mol. The molecule has 4 rings (SSSR count). The van der Waals surface area contributed by atoms with Crippen LogP contribution in [0.5, 0.6) is 0 Å². The lowest BCUT2D eigenvalue weighted by Gasteiger charge is -2.41. The minimum absolute atomic E-state index is 0.186. The summed E-state index contributed by atoms with van der Waals surface area (Å²) >= 11 is 0. The van der Waals surface area contributed by atoms with Gasteiger partial charge in [0.1, 0.15) is 5.82 Å². The highest BCUT2D eigenvalue weighted by atomic mass is 19.1. The zero-order valence-corrected chi connectivity index (χ0v) is 16.7. The first-order valence-corrected chi connectivity index (χ1v) is 10.9. The van der Waals surface area contributed by atoms with Gasteiger partial charge in [0.2, 0.25) is 5.91 Å². The minimum Gasteiger partial charge on any atom is -0.353 e. The van der Waals surface area contributed by atoms with E-state index in [1.54, 1.807) is 0 Å². The first kappa shape index (κ1) is 19.6.